The van der Waals surface area contributed by atoms with E-state index in [1.807, 2.05) is 30.3 Å². The van der Waals surface area contributed by atoms with Crippen molar-refractivity contribution >= 4 is 22.8 Å². The Labute approximate surface area is 180 Å². The number of piperidine rings is 1. The van der Waals surface area contributed by atoms with Gasteiger partial charge in [-0.25, -0.2) is 0 Å². The number of rotatable bonds is 4. The van der Waals surface area contributed by atoms with Crippen molar-refractivity contribution in [3.63, 3.8) is 0 Å². The number of hydrogen-bond donors (Lipinski definition) is 0. The zero-order chi connectivity index (χ0) is 22.0. The van der Waals surface area contributed by atoms with Crippen LogP contribution in [0, 0.1) is 12.8 Å². The number of fused-ring (bicyclic) bond motifs is 1. The third kappa shape index (κ3) is 3.98. The van der Waals surface area contributed by atoms with Gasteiger partial charge in [0.2, 0.25) is 0 Å². The normalized spacial score (nSPS) is 16.3. The minimum Gasteiger partial charge on any atom is -0.466 e. The quantitative estimate of drug-likeness (QED) is 0.593. The lowest BCUT2D eigenvalue weighted by molar-refractivity contribution is -0.149. The summed E-state index contributed by atoms with van der Waals surface area (Å²) in [6.07, 6.45) is 1.42. The molecular weight excluding hydrogens is 394 g/mol. The van der Waals surface area contributed by atoms with E-state index < -0.39 is 0 Å². The number of esters is 1. The van der Waals surface area contributed by atoms with E-state index in [0.717, 1.165) is 12.0 Å². The number of amides is 1. The lowest BCUT2D eigenvalue weighted by Crippen LogP contribution is -2.42. The largest absolute Gasteiger partial charge is 0.466 e. The molecule has 1 aromatic heterocycles. The molecule has 1 aliphatic heterocycles. The molecule has 0 saturated carbocycles. The van der Waals surface area contributed by atoms with Crippen LogP contribution in [0.2, 0.25) is 0 Å². The summed E-state index contributed by atoms with van der Waals surface area (Å²) in [6, 6.07) is 14.4. The number of benzene rings is 2. The number of nitrogens with zero attached hydrogens (tertiary/aromatic N) is 1. The monoisotopic (exact) mass is 419 g/mol. The zero-order valence-corrected chi connectivity index (χ0v) is 17.7. The molecule has 6 heteroatoms. The smallest absolute Gasteiger partial charge is 0.310 e. The molecule has 0 N–H and O–H groups in total. The molecule has 1 atom stereocenters. The SMILES string of the molecule is CCOC(=O)[C@H]1CCCN(C(=O)c2cccc3c(=O)c(C)c(-c4ccccc4)oc23)C1. The van der Waals surface area contributed by atoms with Crippen LogP contribution in [0.5, 0.6) is 0 Å². The molecule has 0 spiro atoms. The predicted molar refractivity (Wildman–Crippen MR) is 118 cm³/mol. The van der Waals surface area contributed by atoms with Gasteiger partial charge in [-0.2, -0.15) is 0 Å². The molecule has 0 aliphatic carbocycles. The highest BCUT2D eigenvalue weighted by Gasteiger charge is 2.31. The second kappa shape index (κ2) is 8.76. The summed E-state index contributed by atoms with van der Waals surface area (Å²) in [5.74, 6) is -0.389. The van der Waals surface area contributed by atoms with E-state index in [4.69, 9.17) is 9.15 Å². The van der Waals surface area contributed by atoms with Gasteiger partial charge in [-0.05, 0) is 38.8 Å². The van der Waals surface area contributed by atoms with E-state index in [9.17, 15) is 14.4 Å². The fourth-order valence-electron chi connectivity index (χ4n) is 4.13. The molecule has 2 heterocycles. The second-order valence-electron chi connectivity index (χ2n) is 7.78. The summed E-state index contributed by atoms with van der Waals surface area (Å²) in [6.45, 7) is 4.67. The number of carbonyl (C=O) groups excluding carboxylic acids is 2. The van der Waals surface area contributed by atoms with Crippen LogP contribution in [-0.4, -0.2) is 36.5 Å². The maximum atomic E-state index is 13.4. The van der Waals surface area contributed by atoms with Crippen LogP contribution in [0.15, 0.2) is 57.7 Å². The highest BCUT2D eigenvalue weighted by molar-refractivity contribution is 6.05. The molecule has 3 aromatic rings. The lowest BCUT2D eigenvalue weighted by atomic mass is 9.97. The number of hydrogen-bond acceptors (Lipinski definition) is 5. The van der Waals surface area contributed by atoms with Gasteiger partial charge in [0.1, 0.15) is 5.76 Å². The molecular formula is C25H25NO5. The lowest BCUT2D eigenvalue weighted by Gasteiger charge is -2.31. The third-order valence-electron chi connectivity index (χ3n) is 5.74. The van der Waals surface area contributed by atoms with E-state index in [1.165, 1.54) is 0 Å². The summed E-state index contributed by atoms with van der Waals surface area (Å²) >= 11 is 0. The second-order valence-corrected chi connectivity index (χ2v) is 7.78. The van der Waals surface area contributed by atoms with Crippen LogP contribution < -0.4 is 5.43 Å². The Hall–Kier alpha value is -3.41. The molecule has 0 radical (unpaired) electrons. The van der Waals surface area contributed by atoms with Gasteiger partial charge in [0.05, 0.1) is 23.5 Å². The molecule has 1 aliphatic rings. The molecule has 0 bridgehead atoms. The summed E-state index contributed by atoms with van der Waals surface area (Å²) in [5, 5.41) is 0.377. The first-order valence-corrected chi connectivity index (χ1v) is 10.6. The van der Waals surface area contributed by atoms with Gasteiger partial charge in [0.25, 0.3) is 5.91 Å². The molecule has 2 aromatic carbocycles. The van der Waals surface area contributed by atoms with Crippen molar-refractivity contribution in [2.45, 2.75) is 26.7 Å². The minimum absolute atomic E-state index is 0.155. The average molecular weight is 419 g/mol. The van der Waals surface area contributed by atoms with Crippen molar-refractivity contribution < 1.29 is 18.7 Å². The van der Waals surface area contributed by atoms with E-state index in [1.54, 1.807) is 36.9 Å². The van der Waals surface area contributed by atoms with Gasteiger partial charge < -0.3 is 14.1 Å². The molecule has 160 valence electrons. The Balaban J connectivity index is 1.76. The summed E-state index contributed by atoms with van der Waals surface area (Å²) in [4.78, 5) is 40.3. The first kappa shape index (κ1) is 20.8. The van der Waals surface area contributed by atoms with Crippen molar-refractivity contribution in [3.8, 4) is 11.3 Å². The number of para-hydroxylation sites is 1. The van der Waals surface area contributed by atoms with Crippen molar-refractivity contribution in [2.75, 3.05) is 19.7 Å². The maximum Gasteiger partial charge on any atom is 0.310 e. The highest BCUT2D eigenvalue weighted by atomic mass is 16.5. The van der Waals surface area contributed by atoms with Crippen LogP contribution in [0.3, 0.4) is 0 Å². The van der Waals surface area contributed by atoms with Gasteiger partial charge >= 0.3 is 5.97 Å². The van der Waals surface area contributed by atoms with Gasteiger partial charge in [-0.1, -0.05) is 36.4 Å². The number of likely N-dealkylation sites (tertiary alicyclic amines) is 1. The molecule has 6 nitrogen and oxygen atoms in total. The fraction of sp³-hybridized carbons (Fsp3) is 0.320. The molecule has 1 amide bonds. The predicted octanol–water partition coefficient (Wildman–Crippen LogP) is 4.18. The van der Waals surface area contributed by atoms with Gasteiger partial charge in [-0.15, -0.1) is 0 Å². The Morgan fingerprint density at radius 2 is 1.90 bits per heavy atom. The zero-order valence-electron chi connectivity index (χ0n) is 17.7. The van der Waals surface area contributed by atoms with Gasteiger partial charge in [0, 0.05) is 24.2 Å². The highest BCUT2D eigenvalue weighted by Crippen LogP contribution is 2.29. The van der Waals surface area contributed by atoms with Gasteiger partial charge in [0.15, 0.2) is 11.0 Å². The fourth-order valence-corrected chi connectivity index (χ4v) is 4.13. The number of carbonyl (C=O) groups is 2. The van der Waals surface area contributed by atoms with Crippen LogP contribution in [0.4, 0.5) is 0 Å². The van der Waals surface area contributed by atoms with E-state index in [0.29, 0.717) is 48.4 Å². The summed E-state index contributed by atoms with van der Waals surface area (Å²) < 4.78 is 11.3. The average Bonchev–Trinajstić information content (AvgIpc) is 2.81. The molecule has 0 unspecified atom stereocenters. The van der Waals surface area contributed by atoms with Crippen molar-refractivity contribution in [1.82, 2.24) is 4.90 Å². The summed E-state index contributed by atoms with van der Waals surface area (Å²) in [7, 11) is 0. The Morgan fingerprint density at radius 3 is 2.65 bits per heavy atom. The van der Waals surface area contributed by atoms with E-state index >= 15 is 0 Å². The first-order chi connectivity index (χ1) is 15.0. The standard InChI is InChI=1S/C25H25NO5/c1-3-30-25(29)18-11-8-14-26(15-18)24(28)20-13-7-12-19-21(27)16(2)22(31-23(19)20)17-9-5-4-6-10-17/h4-7,9-10,12-13,18H,3,8,11,14-15H2,1-2H3/t18-/m0/s1. The van der Waals surface area contributed by atoms with Gasteiger partial charge in [-0.3, -0.25) is 14.4 Å². The molecule has 1 saturated heterocycles. The Bertz CT molecular complexity index is 1180. The van der Waals surface area contributed by atoms with Crippen molar-refractivity contribution in [3.05, 3.63) is 69.9 Å². The maximum absolute atomic E-state index is 13.4. The molecule has 1 fully saturated rings. The van der Waals surface area contributed by atoms with Crippen molar-refractivity contribution in [2.24, 2.45) is 5.92 Å². The minimum atomic E-state index is -0.332. The topological polar surface area (TPSA) is 76.8 Å². The first-order valence-electron chi connectivity index (χ1n) is 10.6. The van der Waals surface area contributed by atoms with E-state index in [-0.39, 0.29) is 28.8 Å². The molecule has 31 heavy (non-hydrogen) atoms. The third-order valence-corrected chi connectivity index (χ3v) is 5.74. The Morgan fingerprint density at radius 1 is 1.13 bits per heavy atom. The van der Waals surface area contributed by atoms with E-state index in [2.05, 4.69) is 0 Å². The van der Waals surface area contributed by atoms with Crippen LogP contribution in [0.25, 0.3) is 22.3 Å². The summed E-state index contributed by atoms with van der Waals surface area (Å²) in [5.41, 5.74) is 1.74. The number of ether oxygens (including phenoxy) is 1. The molecule has 4 rings (SSSR count). The van der Waals surface area contributed by atoms with Crippen LogP contribution in [0.1, 0.15) is 35.7 Å². The van der Waals surface area contributed by atoms with Crippen LogP contribution >= 0.6 is 0 Å². The van der Waals surface area contributed by atoms with Crippen molar-refractivity contribution in [1.29, 1.82) is 0 Å². The Kier molecular flexibility index (Phi) is 5.89. The van der Waals surface area contributed by atoms with Crippen LogP contribution in [-0.2, 0) is 9.53 Å².